The number of aromatic nitrogens is 1. The van der Waals surface area contributed by atoms with Crippen LogP contribution in [0.4, 0.5) is 0 Å². The standard InChI is InChI=1S/C40H49ClN4O5/c1-50-39(49)33-19-31-30-8-4-5-9-32(30)44-36(31)37(45(33)35(47)24-41)28-10-12-29(13-11-28)38(48)43-15-7-3-2-6-14-42-34(46)23-40-20-25-16-26(21-40)18-27(17-25)22-40/h4-5,8-13,25-27,33,37,44H,2-3,6-7,14-24H2,1H3,(H,42,46)(H,43,48)/t25?,26?,27?,33-,37+,40?/m1/s1. The van der Waals surface area contributed by atoms with Gasteiger partial charge in [0.1, 0.15) is 11.9 Å². The van der Waals surface area contributed by atoms with E-state index in [9.17, 15) is 19.2 Å². The van der Waals surface area contributed by atoms with Crippen LogP contribution in [0.3, 0.4) is 0 Å². The van der Waals surface area contributed by atoms with Gasteiger partial charge in [-0.1, -0.05) is 43.2 Å². The molecule has 2 aromatic carbocycles. The summed E-state index contributed by atoms with van der Waals surface area (Å²) >= 11 is 6.06. The van der Waals surface area contributed by atoms with Gasteiger partial charge in [0.15, 0.2) is 0 Å². The van der Waals surface area contributed by atoms with Crippen LogP contribution in [0.1, 0.15) is 104 Å². The minimum atomic E-state index is -0.839. The van der Waals surface area contributed by atoms with Crippen molar-refractivity contribution in [3.63, 3.8) is 0 Å². The van der Waals surface area contributed by atoms with Crippen molar-refractivity contribution in [3.05, 3.63) is 70.9 Å². The van der Waals surface area contributed by atoms with Crippen LogP contribution in [-0.4, -0.2) is 65.7 Å². The molecule has 0 spiro atoms. The van der Waals surface area contributed by atoms with Crippen molar-refractivity contribution in [2.24, 2.45) is 23.2 Å². The lowest BCUT2D eigenvalue weighted by atomic mass is 9.49. The number of benzene rings is 2. The summed E-state index contributed by atoms with van der Waals surface area (Å²) in [5.74, 6) is 1.51. The molecule has 3 aromatic rings. The predicted octanol–water partition coefficient (Wildman–Crippen LogP) is 6.44. The third-order valence-electron chi connectivity index (χ3n) is 11.9. The van der Waals surface area contributed by atoms with Crippen LogP contribution in [-0.2, 0) is 25.5 Å². The van der Waals surface area contributed by atoms with E-state index in [0.29, 0.717) is 24.9 Å². The third-order valence-corrected chi connectivity index (χ3v) is 12.1. The molecule has 0 radical (unpaired) electrons. The van der Waals surface area contributed by atoms with Crippen LogP contribution >= 0.6 is 11.6 Å². The Kier molecular flexibility index (Phi) is 10.2. The van der Waals surface area contributed by atoms with Crippen LogP contribution in [0.5, 0.6) is 0 Å². The number of fused-ring (bicyclic) bond motifs is 3. The summed E-state index contributed by atoms with van der Waals surface area (Å²) in [7, 11) is 1.32. The monoisotopic (exact) mass is 700 g/mol. The Bertz CT molecular complexity index is 1700. The van der Waals surface area contributed by atoms with Crippen molar-refractivity contribution in [1.82, 2.24) is 20.5 Å². The van der Waals surface area contributed by atoms with E-state index in [1.165, 1.54) is 50.5 Å². The fourth-order valence-corrected chi connectivity index (χ4v) is 10.3. The Morgan fingerprint density at radius 3 is 2.16 bits per heavy atom. The van der Waals surface area contributed by atoms with Crippen molar-refractivity contribution >= 4 is 46.2 Å². The van der Waals surface area contributed by atoms with Gasteiger partial charge in [0, 0.05) is 48.1 Å². The fourth-order valence-electron chi connectivity index (χ4n) is 10.2. The molecule has 0 saturated heterocycles. The second kappa shape index (κ2) is 14.8. The molecule has 4 aliphatic carbocycles. The number of methoxy groups -OCH3 is 1. The molecule has 4 saturated carbocycles. The average molecular weight is 701 g/mol. The SMILES string of the molecule is COC(=O)[C@H]1Cc2c([nH]c3ccccc23)[C@H](c2ccc(C(=O)NCCCCCCNC(=O)CC34CC5CC(CC(C5)C3)C4)cc2)N1C(=O)CCl. The Morgan fingerprint density at radius 1 is 0.880 bits per heavy atom. The zero-order chi connectivity index (χ0) is 34.8. The highest BCUT2D eigenvalue weighted by Crippen LogP contribution is 2.61. The van der Waals surface area contributed by atoms with Gasteiger partial charge in [-0.15, -0.1) is 11.6 Å². The number of carbonyl (C=O) groups is 4. The van der Waals surface area contributed by atoms with Crippen LogP contribution in [0, 0.1) is 23.2 Å². The van der Waals surface area contributed by atoms with Gasteiger partial charge >= 0.3 is 5.97 Å². The van der Waals surface area contributed by atoms with Crippen LogP contribution in [0.15, 0.2) is 48.5 Å². The maximum atomic E-state index is 13.3. The number of esters is 1. The first-order valence-electron chi connectivity index (χ1n) is 18.5. The lowest BCUT2D eigenvalue weighted by Crippen LogP contribution is -2.52. The molecule has 266 valence electrons. The molecule has 2 heterocycles. The Balaban J connectivity index is 0.894. The Hall–Kier alpha value is -3.85. The number of nitrogens with zero attached hydrogens (tertiary/aromatic N) is 1. The molecule has 1 aromatic heterocycles. The number of aromatic amines is 1. The summed E-state index contributed by atoms with van der Waals surface area (Å²) in [4.78, 5) is 57.0. The van der Waals surface area contributed by atoms with E-state index in [0.717, 1.165) is 77.7 Å². The Morgan fingerprint density at radius 2 is 1.52 bits per heavy atom. The topological polar surface area (TPSA) is 121 Å². The van der Waals surface area contributed by atoms with Crippen molar-refractivity contribution in [1.29, 1.82) is 0 Å². The van der Waals surface area contributed by atoms with Gasteiger partial charge in [-0.05, 0) is 104 Å². The molecule has 3 amide bonds. The number of H-pyrrole nitrogens is 1. The molecular formula is C40H49ClN4O5. The molecule has 9 nitrogen and oxygen atoms in total. The van der Waals surface area contributed by atoms with E-state index in [1.807, 2.05) is 36.4 Å². The minimum absolute atomic E-state index is 0.162. The van der Waals surface area contributed by atoms with E-state index in [2.05, 4.69) is 15.6 Å². The first-order chi connectivity index (χ1) is 24.3. The second-order valence-corrected chi connectivity index (χ2v) is 15.6. The molecule has 2 atom stereocenters. The average Bonchev–Trinajstić information content (AvgIpc) is 3.48. The quantitative estimate of drug-likeness (QED) is 0.108. The molecular weight excluding hydrogens is 652 g/mol. The highest BCUT2D eigenvalue weighted by molar-refractivity contribution is 6.27. The van der Waals surface area contributed by atoms with Gasteiger partial charge in [-0.2, -0.15) is 0 Å². The molecule has 10 heteroatoms. The molecule has 4 fully saturated rings. The first-order valence-corrected chi connectivity index (χ1v) is 19.0. The number of ether oxygens (including phenoxy) is 1. The molecule has 5 aliphatic rings. The van der Waals surface area contributed by atoms with Crippen molar-refractivity contribution in [3.8, 4) is 0 Å². The molecule has 8 rings (SSSR count). The number of rotatable bonds is 13. The molecule has 50 heavy (non-hydrogen) atoms. The molecule has 3 N–H and O–H groups in total. The smallest absolute Gasteiger partial charge is 0.328 e. The number of halogens is 1. The molecule has 0 unspecified atom stereocenters. The highest BCUT2D eigenvalue weighted by atomic mass is 35.5. The van der Waals surface area contributed by atoms with Crippen molar-refractivity contribution < 1.29 is 23.9 Å². The van der Waals surface area contributed by atoms with E-state index >= 15 is 0 Å². The largest absolute Gasteiger partial charge is 0.467 e. The zero-order valence-corrected chi connectivity index (χ0v) is 29.7. The number of carbonyl (C=O) groups excluding carboxylic acids is 4. The van der Waals surface area contributed by atoms with Crippen molar-refractivity contribution in [2.75, 3.05) is 26.1 Å². The van der Waals surface area contributed by atoms with Crippen LogP contribution in [0.2, 0.25) is 0 Å². The number of amides is 3. The zero-order valence-electron chi connectivity index (χ0n) is 29.0. The van der Waals surface area contributed by atoms with Crippen molar-refractivity contribution in [2.45, 2.75) is 89.1 Å². The van der Waals surface area contributed by atoms with Gasteiger partial charge in [-0.3, -0.25) is 14.4 Å². The van der Waals surface area contributed by atoms with Gasteiger partial charge in [0.2, 0.25) is 11.8 Å². The van der Waals surface area contributed by atoms with Gasteiger partial charge in [0.05, 0.1) is 13.2 Å². The summed E-state index contributed by atoms with van der Waals surface area (Å²) in [6.07, 6.45) is 12.8. The highest BCUT2D eigenvalue weighted by Gasteiger charge is 2.51. The van der Waals surface area contributed by atoms with E-state index in [-0.39, 0.29) is 29.0 Å². The fraction of sp³-hybridized carbons (Fsp3) is 0.550. The second-order valence-electron chi connectivity index (χ2n) is 15.4. The summed E-state index contributed by atoms with van der Waals surface area (Å²) in [6, 6.07) is 13.6. The van der Waals surface area contributed by atoms with Gasteiger partial charge < -0.3 is 25.3 Å². The summed E-state index contributed by atoms with van der Waals surface area (Å²) in [6.45, 7) is 1.29. The Labute approximate surface area is 299 Å². The lowest BCUT2D eigenvalue weighted by Gasteiger charge is -2.56. The minimum Gasteiger partial charge on any atom is -0.467 e. The third kappa shape index (κ3) is 7.03. The maximum absolute atomic E-state index is 13.3. The normalized spacial score (nSPS) is 26.4. The predicted molar refractivity (Wildman–Crippen MR) is 193 cm³/mol. The number of hydrogen-bond acceptors (Lipinski definition) is 5. The summed E-state index contributed by atoms with van der Waals surface area (Å²) in [5.41, 5.74) is 4.25. The van der Waals surface area contributed by atoms with Crippen LogP contribution < -0.4 is 10.6 Å². The summed E-state index contributed by atoms with van der Waals surface area (Å²) in [5, 5.41) is 7.20. The molecule has 4 bridgehead atoms. The first kappa shape index (κ1) is 34.6. The maximum Gasteiger partial charge on any atom is 0.328 e. The van der Waals surface area contributed by atoms with Gasteiger partial charge in [-0.25, -0.2) is 4.79 Å². The number of alkyl halides is 1. The number of unbranched alkanes of at least 4 members (excludes halogenated alkanes) is 3. The summed E-state index contributed by atoms with van der Waals surface area (Å²) < 4.78 is 5.12. The van der Waals surface area contributed by atoms with Gasteiger partial charge in [0.25, 0.3) is 5.91 Å². The number of nitrogens with one attached hydrogen (secondary N) is 3. The van der Waals surface area contributed by atoms with E-state index in [4.69, 9.17) is 16.3 Å². The van der Waals surface area contributed by atoms with E-state index < -0.39 is 18.1 Å². The van der Waals surface area contributed by atoms with E-state index in [1.54, 1.807) is 12.1 Å². The molecule has 1 aliphatic heterocycles. The lowest BCUT2D eigenvalue weighted by molar-refractivity contribution is -0.154. The van der Waals surface area contributed by atoms with Crippen LogP contribution in [0.25, 0.3) is 10.9 Å². The number of para-hydroxylation sites is 1. The number of hydrogen-bond donors (Lipinski definition) is 3.